The molecular weight excluding hydrogens is 482 g/mol. The van der Waals surface area contributed by atoms with Crippen molar-refractivity contribution in [3.05, 3.63) is 94.8 Å². The maximum Gasteiger partial charge on any atom is 0.252 e. The van der Waals surface area contributed by atoms with Gasteiger partial charge in [-0.05, 0) is 67.1 Å². The Kier molecular flexibility index (Phi) is 9.61. The molecule has 1 heterocycles. The monoisotopic (exact) mass is 517 g/mol. The van der Waals surface area contributed by atoms with Gasteiger partial charge in [0.15, 0.2) is 0 Å². The fourth-order valence-electron chi connectivity index (χ4n) is 4.48. The number of amides is 1. The minimum Gasteiger partial charge on any atom is -0.492 e. The Bertz CT molecular complexity index is 1300. The number of imidazole rings is 1. The molecule has 0 spiro atoms. The topological polar surface area (TPSA) is 56.1 Å². The van der Waals surface area contributed by atoms with E-state index < -0.39 is 0 Å². The van der Waals surface area contributed by atoms with Gasteiger partial charge in [0.05, 0.1) is 28.2 Å². The minimum absolute atomic E-state index is 0.123. The zero-order valence-electron chi connectivity index (χ0n) is 21.8. The number of carbonyl (C=O) groups is 1. The van der Waals surface area contributed by atoms with Crippen molar-refractivity contribution in [3.63, 3.8) is 0 Å². The van der Waals surface area contributed by atoms with Gasteiger partial charge in [0.2, 0.25) is 0 Å². The van der Waals surface area contributed by atoms with E-state index in [-0.39, 0.29) is 5.91 Å². The van der Waals surface area contributed by atoms with Gasteiger partial charge in [-0.2, -0.15) is 0 Å². The van der Waals surface area contributed by atoms with Crippen molar-refractivity contribution in [2.24, 2.45) is 0 Å². The number of nitrogens with one attached hydrogen (secondary N) is 1. The molecule has 4 rings (SSSR count). The average Bonchev–Trinajstić information content (AvgIpc) is 3.28. The Morgan fingerprint density at radius 1 is 1.00 bits per heavy atom. The number of ether oxygens (including phenoxy) is 1. The van der Waals surface area contributed by atoms with Gasteiger partial charge >= 0.3 is 0 Å². The molecule has 194 valence electrons. The summed E-state index contributed by atoms with van der Waals surface area (Å²) >= 11 is 6.11. The van der Waals surface area contributed by atoms with Crippen molar-refractivity contribution < 1.29 is 9.53 Å². The molecule has 1 aromatic heterocycles. The summed E-state index contributed by atoms with van der Waals surface area (Å²) in [6, 6.07) is 23.9. The van der Waals surface area contributed by atoms with Gasteiger partial charge in [0.25, 0.3) is 5.91 Å². The number of aromatic nitrogens is 2. The van der Waals surface area contributed by atoms with Crippen LogP contribution in [0.4, 0.5) is 0 Å². The highest BCUT2D eigenvalue weighted by Crippen LogP contribution is 2.22. The predicted octanol–water partition coefficient (Wildman–Crippen LogP) is 7.43. The molecule has 0 aliphatic heterocycles. The molecule has 4 aromatic rings. The Balaban J connectivity index is 1.27. The van der Waals surface area contributed by atoms with E-state index in [1.807, 2.05) is 18.2 Å². The number of hydrogen-bond acceptors (Lipinski definition) is 3. The van der Waals surface area contributed by atoms with Crippen molar-refractivity contribution in [1.82, 2.24) is 14.9 Å². The van der Waals surface area contributed by atoms with E-state index in [0.29, 0.717) is 29.7 Å². The molecule has 0 saturated carbocycles. The first-order chi connectivity index (χ1) is 18.1. The van der Waals surface area contributed by atoms with Crippen LogP contribution in [0.15, 0.2) is 72.8 Å². The predicted molar refractivity (Wildman–Crippen MR) is 152 cm³/mol. The summed E-state index contributed by atoms with van der Waals surface area (Å²) < 4.78 is 8.36. The number of para-hydroxylation sites is 2. The molecule has 1 unspecified atom stereocenters. The fourth-order valence-corrected chi connectivity index (χ4v) is 4.70. The average molecular weight is 518 g/mol. The molecule has 0 saturated heterocycles. The first-order valence-corrected chi connectivity index (χ1v) is 13.6. The highest BCUT2D eigenvalue weighted by atomic mass is 35.5. The SMILES string of the molecule is CCC(C)c1ccc(OCCn2c(CCCCCNC(=O)c3ccccc3Cl)nc3ccccc32)cc1. The Hall–Kier alpha value is -3.31. The van der Waals surface area contributed by atoms with E-state index in [1.54, 1.807) is 12.1 Å². The molecule has 6 heteroatoms. The maximum absolute atomic E-state index is 12.3. The molecule has 3 aromatic carbocycles. The molecule has 0 aliphatic rings. The third kappa shape index (κ3) is 7.14. The number of aryl methyl sites for hydroxylation is 1. The normalized spacial score (nSPS) is 12.0. The van der Waals surface area contributed by atoms with Crippen LogP contribution in [-0.2, 0) is 13.0 Å². The van der Waals surface area contributed by atoms with E-state index in [9.17, 15) is 4.79 Å². The van der Waals surface area contributed by atoms with Crippen LogP contribution >= 0.6 is 11.6 Å². The van der Waals surface area contributed by atoms with Gasteiger partial charge in [-0.3, -0.25) is 4.79 Å². The molecule has 1 atom stereocenters. The number of fused-ring (bicyclic) bond motifs is 1. The lowest BCUT2D eigenvalue weighted by Crippen LogP contribution is -2.24. The molecule has 1 amide bonds. The van der Waals surface area contributed by atoms with Crippen LogP contribution < -0.4 is 10.1 Å². The van der Waals surface area contributed by atoms with Crippen LogP contribution in [0.5, 0.6) is 5.75 Å². The second-order valence-electron chi connectivity index (χ2n) is 9.44. The van der Waals surface area contributed by atoms with Crippen LogP contribution in [0.2, 0.25) is 5.02 Å². The molecule has 0 aliphatic carbocycles. The maximum atomic E-state index is 12.3. The molecule has 0 radical (unpaired) electrons. The van der Waals surface area contributed by atoms with Crippen molar-refractivity contribution in [3.8, 4) is 5.75 Å². The second-order valence-corrected chi connectivity index (χ2v) is 9.85. The Labute approximate surface area is 224 Å². The van der Waals surface area contributed by atoms with E-state index in [0.717, 1.165) is 61.3 Å². The number of rotatable bonds is 13. The number of benzene rings is 3. The third-order valence-electron chi connectivity index (χ3n) is 6.86. The summed E-state index contributed by atoms with van der Waals surface area (Å²) in [6.07, 6.45) is 4.94. The van der Waals surface area contributed by atoms with Gasteiger partial charge in [-0.25, -0.2) is 4.98 Å². The summed E-state index contributed by atoms with van der Waals surface area (Å²) in [4.78, 5) is 17.2. The number of halogens is 1. The van der Waals surface area contributed by atoms with Crippen LogP contribution in [0, 0.1) is 0 Å². The second kappa shape index (κ2) is 13.3. The number of hydrogen-bond donors (Lipinski definition) is 1. The quantitative estimate of drug-likeness (QED) is 0.188. The van der Waals surface area contributed by atoms with Gasteiger partial charge in [0, 0.05) is 13.0 Å². The highest BCUT2D eigenvalue weighted by Gasteiger charge is 2.11. The van der Waals surface area contributed by atoms with E-state index >= 15 is 0 Å². The number of carbonyl (C=O) groups excluding carboxylic acids is 1. The zero-order valence-corrected chi connectivity index (χ0v) is 22.5. The lowest BCUT2D eigenvalue weighted by molar-refractivity contribution is 0.0953. The van der Waals surface area contributed by atoms with Crippen LogP contribution in [-0.4, -0.2) is 28.6 Å². The lowest BCUT2D eigenvalue weighted by atomic mass is 9.99. The van der Waals surface area contributed by atoms with Crippen LogP contribution in [0.1, 0.15) is 67.2 Å². The summed E-state index contributed by atoms with van der Waals surface area (Å²) in [5.74, 6) is 2.42. The molecule has 37 heavy (non-hydrogen) atoms. The summed E-state index contributed by atoms with van der Waals surface area (Å²) in [5, 5.41) is 3.44. The van der Waals surface area contributed by atoms with E-state index in [1.165, 1.54) is 5.56 Å². The molecule has 0 fully saturated rings. The first-order valence-electron chi connectivity index (χ1n) is 13.3. The van der Waals surface area contributed by atoms with Crippen molar-refractivity contribution in [2.45, 2.75) is 58.4 Å². The van der Waals surface area contributed by atoms with Crippen LogP contribution in [0.3, 0.4) is 0 Å². The largest absolute Gasteiger partial charge is 0.492 e. The zero-order chi connectivity index (χ0) is 26.0. The first kappa shape index (κ1) is 26.7. The third-order valence-corrected chi connectivity index (χ3v) is 7.19. The minimum atomic E-state index is -0.123. The summed E-state index contributed by atoms with van der Waals surface area (Å²) in [7, 11) is 0. The lowest BCUT2D eigenvalue weighted by Gasteiger charge is -2.13. The smallest absolute Gasteiger partial charge is 0.252 e. The number of nitrogens with zero attached hydrogens (tertiary/aromatic N) is 2. The van der Waals surface area contributed by atoms with Crippen molar-refractivity contribution >= 4 is 28.5 Å². The van der Waals surface area contributed by atoms with E-state index in [2.05, 4.69) is 66.2 Å². The highest BCUT2D eigenvalue weighted by molar-refractivity contribution is 6.33. The van der Waals surface area contributed by atoms with Gasteiger partial charge in [-0.15, -0.1) is 0 Å². The Morgan fingerprint density at radius 3 is 2.54 bits per heavy atom. The Morgan fingerprint density at radius 2 is 1.76 bits per heavy atom. The molecule has 1 N–H and O–H groups in total. The van der Waals surface area contributed by atoms with Crippen molar-refractivity contribution in [1.29, 1.82) is 0 Å². The molecule has 5 nitrogen and oxygen atoms in total. The van der Waals surface area contributed by atoms with E-state index in [4.69, 9.17) is 21.3 Å². The molecule has 0 bridgehead atoms. The van der Waals surface area contributed by atoms with Crippen LogP contribution in [0.25, 0.3) is 11.0 Å². The fraction of sp³-hybridized carbons (Fsp3) is 0.355. The standard InChI is InChI=1S/C31H36ClN3O2/c1-3-23(2)24-16-18-25(19-17-24)37-22-21-35-29-14-9-8-13-28(29)34-30(35)15-5-4-10-20-33-31(36)26-11-6-7-12-27(26)32/h6-9,11-14,16-19,23H,3-5,10,15,20-22H2,1-2H3,(H,33,36). The number of unbranched alkanes of at least 4 members (excludes halogenated alkanes) is 2. The molecular formula is C31H36ClN3O2. The van der Waals surface area contributed by atoms with Gasteiger partial charge in [0.1, 0.15) is 18.2 Å². The van der Waals surface area contributed by atoms with Crippen molar-refractivity contribution in [2.75, 3.05) is 13.2 Å². The van der Waals surface area contributed by atoms with Gasteiger partial charge < -0.3 is 14.6 Å². The van der Waals surface area contributed by atoms with Gasteiger partial charge in [-0.1, -0.05) is 68.3 Å². The summed E-state index contributed by atoms with van der Waals surface area (Å²) in [6.45, 7) is 6.42. The summed E-state index contributed by atoms with van der Waals surface area (Å²) in [5.41, 5.74) is 4.02.